The molecule has 0 radical (unpaired) electrons. The number of hydrogen-bond donors (Lipinski definition) is 3. The SMILES string of the molecule is NCCCNCCCN1CC(C(=O)O)CC1=O. The number of nitrogens with zero attached hydrogens (tertiary/aromatic N) is 1. The maximum absolute atomic E-state index is 11.5. The molecule has 4 N–H and O–H groups in total. The van der Waals surface area contributed by atoms with Crippen LogP contribution >= 0.6 is 0 Å². The third kappa shape index (κ3) is 4.70. The van der Waals surface area contributed by atoms with Crippen molar-refractivity contribution in [2.24, 2.45) is 11.7 Å². The number of carbonyl (C=O) groups is 2. The van der Waals surface area contributed by atoms with E-state index in [1.807, 2.05) is 0 Å². The number of likely N-dealkylation sites (tertiary alicyclic amines) is 1. The number of nitrogens with one attached hydrogen (secondary N) is 1. The van der Waals surface area contributed by atoms with Crippen LogP contribution in [0.3, 0.4) is 0 Å². The highest BCUT2D eigenvalue weighted by molar-refractivity contribution is 5.86. The summed E-state index contributed by atoms with van der Waals surface area (Å²) in [4.78, 5) is 23.9. The van der Waals surface area contributed by atoms with Crippen molar-refractivity contribution >= 4 is 11.9 Å². The molecule has 0 aromatic heterocycles. The van der Waals surface area contributed by atoms with Crippen LogP contribution in [0.4, 0.5) is 0 Å². The van der Waals surface area contributed by atoms with E-state index in [1.165, 1.54) is 0 Å². The zero-order valence-corrected chi connectivity index (χ0v) is 10.0. The van der Waals surface area contributed by atoms with Crippen molar-refractivity contribution in [3.8, 4) is 0 Å². The zero-order chi connectivity index (χ0) is 12.7. The Morgan fingerprint density at radius 1 is 1.47 bits per heavy atom. The topological polar surface area (TPSA) is 95.7 Å². The molecule has 0 aromatic carbocycles. The highest BCUT2D eigenvalue weighted by atomic mass is 16.4. The lowest BCUT2D eigenvalue weighted by Gasteiger charge is -2.15. The third-order valence-electron chi connectivity index (χ3n) is 2.90. The summed E-state index contributed by atoms with van der Waals surface area (Å²) in [5.74, 6) is -1.44. The molecule has 1 atom stereocenters. The molecule has 1 unspecified atom stereocenters. The first-order valence-corrected chi connectivity index (χ1v) is 6.06. The van der Waals surface area contributed by atoms with Gasteiger partial charge in [0.1, 0.15) is 0 Å². The Morgan fingerprint density at radius 3 is 2.76 bits per heavy atom. The molecule has 0 saturated carbocycles. The van der Waals surface area contributed by atoms with Crippen LogP contribution in [0.15, 0.2) is 0 Å². The standard InChI is InChI=1S/C11H21N3O3/c12-3-1-4-13-5-2-6-14-8-9(11(16)17)7-10(14)15/h9,13H,1-8,12H2,(H,16,17). The number of carboxylic acid groups (broad SMARTS) is 1. The van der Waals surface area contributed by atoms with Gasteiger partial charge in [-0.2, -0.15) is 0 Å². The van der Waals surface area contributed by atoms with Crippen molar-refractivity contribution in [3.05, 3.63) is 0 Å². The predicted octanol–water partition coefficient (Wildman–Crippen LogP) is -0.752. The van der Waals surface area contributed by atoms with Gasteiger partial charge in [0.2, 0.25) is 5.91 Å². The normalized spacial score (nSPS) is 19.9. The van der Waals surface area contributed by atoms with E-state index < -0.39 is 11.9 Å². The molecular weight excluding hydrogens is 222 g/mol. The zero-order valence-electron chi connectivity index (χ0n) is 10.0. The van der Waals surface area contributed by atoms with Crippen molar-refractivity contribution in [1.82, 2.24) is 10.2 Å². The van der Waals surface area contributed by atoms with E-state index in [2.05, 4.69) is 5.32 Å². The molecule has 0 bridgehead atoms. The summed E-state index contributed by atoms with van der Waals surface area (Å²) >= 11 is 0. The van der Waals surface area contributed by atoms with Crippen molar-refractivity contribution in [3.63, 3.8) is 0 Å². The molecule has 17 heavy (non-hydrogen) atoms. The Hall–Kier alpha value is -1.14. The number of nitrogens with two attached hydrogens (primary N) is 1. The minimum Gasteiger partial charge on any atom is -0.481 e. The predicted molar refractivity (Wildman–Crippen MR) is 63.5 cm³/mol. The fraction of sp³-hybridized carbons (Fsp3) is 0.818. The fourth-order valence-electron chi connectivity index (χ4n) is 1.90. The second-order valence-corrected chi connectivity index (χ2v) is 4.32. The van der Waals surface area contributed by atoms with Gasteiger partial charge in [0, 0.05) is 19.5 Å². The number of carboxylic acids is 1. The van der Waals surface area contributed by atoms with Gasteiger partial charge in [-0.15, -0.1) is 0 Å². The summed E-state index contributed by atoms with van der Waals surface area (Å²) in [7, 11) is 0. The van der Waals surface area contributed by atoms with Gasteiger partial charge in [0.05, 0.1) is 5.92 Å². The summed E-state index contributed by atoms with van der Waals surface area (Å²) < 4.78 is 0. The molecule has 1 amide bonds. The third-order valence-corrected chi connectivity index (χ3v) is 2.90. The van der Waals surface area contributed by atoms with Crippen molar-refractivity contribution in [2.75, 3.05) is 32.7 Å². The summed E-state index contributed by atoms with van der Waals surface area (Å²) in [6.07, 6.45) is 1.95. The molecule has 1 aliphatic heterocycles. The molecule has 1 aliphatic rings. The summed E-state index contributed by atoms with van der Waals surface area (Å²) in [6.45, 7) is 3.40. The second kappa shape index (κ2) is 7.24. The maximum Gasteiger partial charge on any atom is 0.308 e. The van der Waals surface area contributed by atoms with E-state index in [0.29, 0.717) is 19.6 Å². The van der Waals surface area contributed by atoms with Crippen molar-refractivity contribution in [1.29, 1.82) is 0 Å². The lowest BCUT2D eigenvalue weighted by molar-refractivity contribution is -0.141. The smallest absolute Gasteiger partial charge is 0.308 e. The van der Waals surface area contributed by atoms with Crippen LogP contribution in [0.1, 0.15) is 19.3 Å². The molecule has 6 heteroatoms. The summed E-state index contributed by atoms with van der Waals surface area (Å²) in [5, 5.41) is 12.0. The largest absolute Gasteiger partial charge is 0.481 e. The van der Waals surface area contributed by atoms with E-state index in [0.717, 1.165) is 25.9 Å². The van der Waals surface area contributed by atoms with Gasteiger partial charge in [-0.1, -0.05) is 0 Å². The van der Waals surface area contributed by atoms with Crippen LogP contribution in [0, 0.1) is 5.92 Å². The summed E-state index contributed by atoms with van der Waals surface area (Å²) in [5.41, 5.74) is 5.36. The molecule has 1 saturated heterocycles. The molecule has 1 fully saturated rings. The minimum absolute atomic E-state index is 0.0423. The van der Waals surface area contributed by atoms with Crippen molar-refractivity contribution in [2.45, 2.75) is 19.3 Å². The highest BCUT2D eigenvalue weighted by Crippen LogP contribution is 2.17. The van der Waals surface area contributed by atoms with Crippen LogP contribution in [0.2, 0.25) is 0 Å². The van der Waals surface area contributed by atoms with Gasteiger partial charge in [-0.05, 0) is 32.5 Å². The molecule has 6 nitrogen and oxygen atoms in total. The Balaban J connectivity index is 2.11. The molecule has 1 heterocycles. The molecular formula is C11H21N3O3. The van der Waals surface area contributed by atoms with Crippen LogP contribution in [-0.2, 0) is 9.59 Å². The van der Waals surface area contributed by atoms with Gasteiger partial charge in [-0.25, -0.2) is 0 Å². The molecule has 0 aliphatic carbocycles. The van der Waals surface area contributed by atoms with Gasteiger partial charge >= 0.3 is 5.97 Å². The van der Waals surface area contributed by atoms with E-state index in [1.54, 1.807) is 4.90 Å². The van der Waals surface area contributed by atoms with Gasteiger partial charge in [0.25, 0.3) is 0 Å². The fourth-order valence-corrected chi connectivity index (χ4v) is 1.90. The van der Waals surface area contributed by atoms with Crippen LogP contribution in [-0.4, -0.2) is 54.6 Å². The van der Waals surface area contributed by atoms with Crippen LogP contribution in [0.5, 0.6) is 0 Å². The van der Waals surface area contributed by atoms with Crippen LogP contribution < -0.4 is 11.1 Å². The number of rotatable bonds is 8. The number of carbonyl (C=O) groups excluding carboxylic acids is 1. The van der Waals surface area contributed by atoms with E-state index in [4.69, 9.17) is 10.8 Å². The van der Waals surface area contributed by atoms with Gasteiger partial charge < -0.3 is 21.1 Å². The Labute approximate surface area is 101 Å². The number of hydrogen-bond acceptors (Lipinski definition) is 4. The lowest BCUT2D eigenvalue weighted by Crippen LogP contribution is -2.30. The minimum atomic E-state index is -0.873. The monoisotopic (exact) mass is 243 g/mol. The van der Waals surface area contributed by atoms with E-state index >= 15 is 0 Å². The Bertz CT molecular complexity index is 271. The lowest BCUT2D eigenvalue weighted by atomic mass is 10.1. The van der Waals surface area contributed by atoms with Gasteiger partial charge in [0.15, 0.2) is 0 Å². The first kappa shape index (κ1) is 13.9. The molecule has 0 spiro atoms. The number of aliphatic carboxylic acids is 1. The average molecular weight is 243 g/mol. The maximum atomic E-state index is 11.5. The molecule has 1 rings (SSSR count). The quantitative estimate of drug-likeness (QED) is 0.487. The van der Waals surface area contributed by atoms with E-state index in [-0.39, 0.29) is 12.3 Å². The Morgan fingerprint density at radius 2 is 2.18 bits per heavy atom. The molecule has 98 valence electrons. The van der Waals surface area contributed by atoms with Crippen molar-refractivity contribution < 1.29 is 14.7 Å². The van der Waals surface area contributed by atoms with Gasteiger partial charge in [-0.3, -0.25) is 9.59 Å². The second-order valence-electron chi connectivity index (χ2n) is 4.32. The Kier molecular flexibility index (Phi) is 5.93. The molecule has 0 aromatic rings. The number of amides is 1. The first-order chi connectivity index (χ1) is 8.15. The first-order valence-electron chi connectivity index (χ1n) is 6.06. The summed E-state index contributed by atoms with van der Waals surface area (Å²) in [6, 6.07) is 0. The van der Waals surface area contributed by atoms with Crippen LogP contribution in [0.25, 0.3) is 0 Å². The average Bonchev–Trinajstić information content (AvgIpc) is 2.65. The highest BCUT2D eigenvalue weighted by Gasteiger charge is 2.33. The van der Waals surface area contributed by atoms with E-state index in [9.17, 15) is 9.59 Å².